The Labute approximate surface area is 131 Å². The van der Waals surface area contributed by atoms with Crippen molar-refractivity contribution in [2.75, 3.05) is 6.61 Å². The Morgan fingerprint density at radius 2 is 1.86 bits per heavy atom. The molecule has 0 fully saturated rings. The lowest BCUT2D eigenvalue weighted by molar-refractivity contribution is -0.123. The number of amides is 2. The van der Waals surface area contributed by atoms with Crippen molar-refractivity contribution in [2.45, 2.75) is 0 Å². The molecule has 1 N–H and O–H groups in total. The maximum Gasteiger partial charge on any atom is 0.338 e. The van der Waals surface area contributed by atoms with Crippen molar-refractivity contribution in [3.8, 4) is 0 Å². The predicted molar refractivity (Wildman–Crippen MR) is 79.6 cm³/mol. The second kappa shape index (κ2) is 6.91. The summed E-state index contributed by atoms with van der Waals surface area (Å²) in [6, 6.07) is 9.30. The summed E-state index contributed by atoms with van der Waals surface area (Å²) in [6.45, 7) is -0.544. The summed E-state index contributed by atoms with van der Waals surface area (Å²) in [6.07, 6.45) is 1.68. The van der Waals surface area contributed by atoms with Crippen LogP contribution < -0.4 is 5.32 Å². The van der Waals surface area contributed by atoms with Crippen LogP contribution in [0, 0.1) is 0 Å². The van der Waals surface area contributed by atoms with Crippen LogP contribution >= 0.6 is 11.6 Å². The van der Waals surface area contributed by atoms with Gasteiger partial charge in [-0.25, -0.2) is 4.79 Å². The highest BCUT2D eigenvalue weighted by Gasteiger charge is 2.15. The largest absolute Gasteiger partial charge is 0.452 e. The molecule has 2 amide bonds. The van der Waals surface area contributed by atoms with Gasteiger partial charge < -0.3 is 9.30 Å². The number of rotatable bonds is 4. The van der Waals surface area contributed by atoms with E-state index in [4.69, 9.17) is 16.3 Å². The third kappa shape index (κ3) is 3.95. The minimum atomic E-state index is -0.700. The monoisotopic (exact) mass is 320 g/mol. The highest BCUT2D eigenvalue weighted by Crippen LogP contribution is 2.10. The van der Waals surface area contributed by atoms with Gasteiger partial charge in [0.1, 0.15) is 5.69 Å². The van der Waals surface area contributed by atoms with E-state index in [0.29, 0.717) is 10.7 Å². The fourth-order valence-corrected chi connectivity index (χ4v) is 1.85. The zero-order valence-corrected chi connectivity index (χ0v) is 12.5. The Morgan fingerprint density at radius 3 is 2.45 bits per heavy atom. The van der Waals surface area contributed by atoms with E-state index in [1.807, 2.05) is 0 Å². The fourth-order valence-electron chi connectivity index (χ4n) is 1.72. The number of nitrogens with zero attached hydrogens (tertiary/aromatic N) is 1. The van der Waals surface area contributed by atoms with Crippen LogP contribution in [0.15, 0.2) is 42.6 Å². The topological polar surface area (TPSA) is 77.4 Å². The number of aryl methyl sites for hydroxylation is 1. The van der Waals surface area contributed by atoms with E-state index >= 15 is 0 Å². The molecule has 0 unspecified atom stereocenters. The maximum atomic E-state index is 11.8. The van der Waals surface area contributed by atoms with E-state index < -0.39 is 24.4 Å². The number of benzene rings is 1. The lowest BCUT2D eigenvalue weighted by Gasteiger charge is -2.06. The summed E-state index contributed by atoms with van der Waals surface area (Å²) in [4.78, 5) is 35.1. The first kappa shape index (κ1) is 15.8. The number of esters is 1. The zero-order chi connectivity index (χ0) is 16.1. The van der Waals surface area contributed by atoms with E-state index in [2.05, 4.69) is 5.32 Å². The molecule has 0 spiro atoms. The van der Waals surface area contributed by atoms with Gasteiger partial charge in [0.25, 0.3) is 11.8 Å². The lowest BCUT2D eigenvalue weighted by Crippen LogP contribution is -2.35. The molecule has 1 aromatic heterocycles. The smallest absolute Gasteiger partial charge is 0.338 e. The average molecular weight is 321 g/mol. The highest BCUT2D eigenvalue weighted by molar-refractivity contribution is 6.30. The first-order valence-electron chi connectivity index (χ1n) is 6.35. The molecule has 0 aliphatic rings. The molecule has 0 aliphatic heterocycles. The zero-order valence-electron chi connectivity index (χ0n) is 11.7. The molecule has 0 saturated heterocycles. The standard InChI is InChI=1S/C15H13ClN2O4/c1-18-8-2-3-12(18)14(20)17-13(19)9-22-15(21)10-4-6-11(16)7-5-10/h2-8H,9H2,1H3,(H,17,19,20). The van der Waals surface area contributed by atoms with Crippen molar-refractivity contribution in [2.24, 2.45) is 7.05 Å². The number of carbonyl (C=O) groups excluding carboxylic acids is 3. The number of hydrogen-bond acceptors (Lipinski definition) is 4. The molecule has 6 nitrogen and oxygen atoms in total. The molecule has 22 heavy (non-hydrogen) atoms. The molecule has 2 aromatic rings. The average Bonchev–Trinajstić information content (AvgIpc) is 2.91. The van der Waals surface area contributed by atoms with E-state index in [1.165, 1.54) is 24.3 Å². The molecule has 0 atom stereocenters. The molecular weight excluding hydrogens is 308 g/mol. The van der Waals surface area contributed by atoms with Crippen molar-refractivity contribution >= 4 is 29.4 Å². The number of hydrogen-bond donors (Lipinski definition) is 1. The van der Waals surface area contributed by atoms with Crippen LogP contribution in [0.25, 0.3) is 0 Å². The Morgan fingerprint density at radius 1 is 1.18 bits per heavy atom. The van der Waals surface area contributed by atoms with Gasteiger partial charge in [0, 0.05) is 18.3 Å². The van der Waals surface area contributed by atoms with Gasteiger partial charge in [-0.1, -0.05) is 11.6 Å². The summed E-state index contributed by atoms with van der Waals surface area (Å²) in [5, 5.41) is 2.63. The SMILES string of the molecule is Cn1cccc1C(=O)NC(=O)COC(=O)c1ccc(Cl)cc1. The molecule has 0 saturated carbocycles. The van der Waals surface area contributed by atoms with Gasteiger partial charge in [-0.3, -0.25) is 14.9 Å². The number of aromatic nitrogens is 1. The molecule has 114 valence electrons. The Kier molecular flexibility index (Phi) is 4.95. The van der Waals surface area contributed by atoms with Gasteiger partial charge >= 0.3 is 5.97 Å². The minimum absolute atomic E-state index is 0.269. The number of carbonyl (C=O) groups is 3. The van der Waals surface area contributed by atoms with Crippen LogP contribution in [-0.4, -0.2) is 29.0 Å². The second-order valence-electron chi connectivity index (χ2n) is 4.46. The van der Waals surface area contributed by atoms with Gasteiger partial charge in [-0.05, 0) is 36.4 Å². The highest BCUT2D eigenvalue weighted by atomic mass is 35.5. The Hall–Kier alpha value is -2.60. The minimum Gasteiger partial charge on any atom is -0.452 e. The third-order valence-electron chi connectivity index (χ3n) is 2.84. The second-order valence-corrected chi connectivity index (χ2v) is 4.90. The van der Waals surface area contributed by atoms with Crippen LogP contribution in [-0.2, 0) is 16.6 Å². The molecule has 2 rings (SSSR count). The van der Waals surface area contributed by atoms with Crippen LogP contribution in [0.5, 0.6) is 0 Å². The van der Waals surface area contributed by atoms with E-state index in [-0.39, 0.29) is 5.56 Å². The first-order chi connectivity index (χ1) is 10.5. The molecular formula is C15H13ClN2O4. The molecule has 1 heterocycles. The summed E-state index contributed by atoms with van der Waals surface area (Å²) in [7, 11) is 1.68. The molecule has 0 radical (unpaired) electrons. The van der Waals surface area contributed by atoms with Crippen LogP contribution in [0.2, 0.25) is 5.02 Å². The Bertz CT molecular complexity index is 707. The summed E-state index contributed by atoms with van der Waals surface area (Å²) in [5.74, 6) is -1.92. The number of imide groups is 1. The van der Waals surface area contributed by atoms with E-state index in [0.717, 1.165) is 0 Å². The predicted octanol–water partition coefficient (Wildman–Crippen LogP) is 1.79. The van der Waals surface area contributed by atoms with Gasteiger partial charge in [-0.2, -0.15) is 0 Å². The molecule has 0 aliphatic carbocycles. The normalized spacial score (nSPS) is 10.1. The van der Waals surface area contributed by atoms with E-state index in [1.54, 1.807) is 29.9 Å². The van der Waals surface area contributed by atoms with E-state index in [9.17, 15) is 14.4 Å². The van der Waals surface area contributed by atoms with Crippen molar-refractivity contribution in [3.05, 3.63) is 58.9 Å². The van der Waals surface area contributed by atoms with Gasteiger partial charge in [0.15, 0.2) is 6.61 Å². The number of nitrogens with one attached hydrogen (secondary N) is 1. The molecule has 1 aromatic carbocycles. The van der Waals surface area contributed by atoms with Crippen LogP contribution in [0.4, 0.5) is 0 Å². The van der Waals surface area contributed by atoms with Gasteiger partial charge in [-0.15, -0.1) is 0 Å². The molecule has 7 heteroatoms. The third-order valence-corrected chi connectivity index (χ3v) is 3.10. The summed E-state index contributed by atoms with van der Waals surface area (Å²) in [5.41, 5.74) is 0.600. The van der Waals surface area contributed by atoms with Gasteiger partial charge in [0.05, 0.1) is 5.56 Å². The van der Waals surface area contributed by atoms with Gasteiger partial charge in [0.2, 0.25) is 0 Å². The maximum absolute atomic E-state index is 11.8. The lowest BCUT2D eigenvalue weighted by atomic mass is 10.2. The number of halogens is 1. The quantitative estimate of drug-likeness (QED) is 0.871. The van der Waals surface area contributed by atoms with Crippen molar-refractivity contribution in [3.63, 3.8) is 0 Å². The summed E-state index contributed by atoms with van der Waals surface area (Å²) >= 11 is 5.71. The Balaban J connectivity index is 1.85. The van der Waals surface area contributed by atoms with Crippen LogP contribution in [0.3, 0.4) is 0 Å². The first-order valence-corrected chi connectivity index (χ1v) is 6.73. The van der Waals surface area contributed by atoms with Crippen LogP contribution in [0.1, 0.15) is 20.8 Å². The van der Waals surface area contributed by atoms with Crippen molar-refractivity contribution in [1.82, 2.24) is 9.88 Å². The van der Waals surface area contributed by atoms with Crippen molar-refractivity contribution < 1.29 is 19.1 Å². The van der Waals surface area contributed by atoms with Crippen molar-refractivity contribution in [1.29, 1.82) is 0 Å². The summed E-state index contributed by atoms with van der Waals surface area (Å²) < 4.78 is 6.40. The molecule has 0 bridgehead atoms. The fraction of sp³-hybridized carbons (Fsp3) is 0.133. The number of ether oxygens (including phenoxy) is 1.